The first-order valence-electron chi connectivity index (χ1n) is 9.91. The largest absolute Gasteiger partial charge is 0.311 e. The molecule has 0 aromatic carbocycles. The van der Waals surface area contributed by atoms with Gasteiger partial charge >= 0.3 is 0 Å². The van der Waals surface area contributed by atoms with Crippen molar-refractivity contribution in [3.63, 3.8) is 0 Å². The van der Waals surface area contributed by atoms with E-state index in [4.69, 9.17) is 0 Å². The Labute approximate surface area is 131 Å². The lowest BCUT2D eigenvalue weighted by molar-refractivity contribution is -0.0730. The van der Waals surface area contributed by atoms with E-state index in [2.05, 4.69) is 19.2 Å². The quantitative estimate of drug-likeness (QED) is 0.754. The maximum atomic E-state index is 4.11. The highest BCUT2D eigenvalue weighted by atomic mass is 15.0. The van der Waals surface area contributed by atoms with E-state index in [0.717, 1.165) is 35.8 Å². The zero-order chi connectivity index (χ0) is 14.4. The van der Waals surface area contributed by atoms with Gasteiger partial charge < -0.3 is 5.32 Å². The minimum Gasteiger partial charge on any atom is -0.311 e. The van der Waals surface area contributed by atoms with Crippen molar-refractivity contribution in [3.05, 3.63) is 0 Å². The van der Waals surface area contributed by atoms with Crippen LogP contribution in [0.3, 0.4) is 0 Å². The van der Waals surface area contributed by atoms with Gasteiger partial charge in [0.1, 0.15) is 0 Å². The van der Waals surface area contributed by atoms with Gasteiger partial charge in [0.2, 0.25) is 0 Å². The molecule has 0 aromatic rings. The van der Waals surface area contributed by atoms with Crippen LogP contribution in [-0.4, -0.2) is 12.1 Å². The maximum absolute atomic E-state index is 4.11. The molecule has 5 aliphatic carbocycles. The van der Waals surface area contributed by atoms with Crippen molar-refractivity contribution in [1.82, 2.24) is 5.32 Å². The minimum atomic E-state index is 0.678. The summed E-state index contributed by atoms with van der Waals surface area (Å²) in [5, 5.41) is 4.11. The van der Waals surface area contributed by atoms with Crippen molar-refractivity contribution in [2.75, 3.05) is 0 Å². The van der Waals surface area contributed by atoms with Crippen LogP contribution in [-0.2, 0) is 0 Å². The SMILES string of the molecule is CC(N[C@H](C)C1CCCCC1)C12CC3CC(CC(C3)C1)C2. The average molecular weight is 290 g/mol. The van der Waals surface area contributed by atoms with Crippen LogP contribution in [0.1, 0.15) is 84.5 Å². The summed E-state index contributed by atoms with van der Waals surface area (Å²) in [4.78, 5) is 0. The lowest BCUT2D eigenvalue weighted by Crippen LogP contribution is -2.57. The molecule has 0 radical (unpaired) electrons. The van der Waals surface area contributed by atoms with Gasteiger partial charge in [0.15, 0.2) is 0 Å². The van der Waals surface area contributed by atoms with Crippen LogP contribution < -0.4 is 5.32 Å². The van der Waals surface area contributed by atoms with Crippen LogP contribution in [0.25, 0.3) is 0 Å². The second-order valence-corrected chi connectivity index (χ2v) is 9.36. The summed E-state index contributed by atoms with van der Waals surface area (Å²) in [5.41, 5.74) is 0.678. The number of hydrogen-bond acceptors (Lipinski definition) is 1. The molecule has 5 aliphatic rings. The summed E-state index contributed by atoms with van der Waals surface area (Å²) in [6.07, 6.45) is 16.7. The molecular weight excluding hydrogens is 254 g/mol. The van der Waals surface area contributed by atoms with Gasteiger partial charge in [-0.25, -0.2) is 0 Å². The van der Waals surface area contributed by atoms with Crippen LogP contribution in [0, 0.1) is 29.1 Å². The molecule has 0 spiro atoms. The van der Waals surface area contributed by atoms with E-state index in [9.17, 15) is 0 Å². The van der Waals surface area contributed by atoms with Crippen LogP contribution in [0.4, 0.5) is 0 Å². The summed E-state index contributed by atoms with van der Waals surface area (Å²) in [7, 11) is 0. The molecule has 5 rings (SSSR count). The lowest BCUT2D eigenvalue weighted by Gasteiger charge is -2.59. The molecule has 5 saturated carbocycles. The van der Waals surface area contributed by atoms with E-state index in [1.54, 1.807) is 38.5 Å². The summed E-state index contributed by atoms with van der Waals surface area (Å²) in [5.74, 6) is 4.22. The topological polar surface area (TPSA) is 12.0 Å². The fourth-order valence-electron chi connectivity index (χ4n) is 7.05. The number of nitrogens with one attached hydrogen (secondary N) is 1. The average Bonchev–Trinajstić information content (AvgIpc) is 2.46. The Kier molecular flexibility index (Phi) is 3.84. The van der Waals surface area contributed by atoms with E-state index in [1.165, 1.54) is 32.1 Å². The molecule has 5 fully saturated rings. The minimum absolute atomic E-state index is 0.678. The molecule has 0 aromatic heterocycles. The molecular formula is C20H35N. The molecule has 1 unspecified atom stereocenters. The summed E-state index contributed by atoms with van der Waals surface area (Å²) in [6.45, 7) is 5.01. The van der Waals surface area contributed by atoms with Crippen molar-refractivity contribution in [1.29, 1.82) is 0 Å². The van der Waals surface area contributed by atoms with E-state index < -0.39 is 0 Å². The standard InChI is InChI=1S/C20H35N/c1-14(19-6-4-3-5-7-19)21-15(2)20-11-16-8-17(12-20)10-18(9-16)13-20/h14-19,21H,3-13H2,1-2H3/t14-,15?,16?,17?,18?,20?/m1/s1. The molecule has 0 amide bonds. The van der Waals surface area contributed by atoms with Crippen LogP contribution in [0.5, 0.6) is 0 Å². The van der Waals surface area contributed by atoms with Gasteiger partial charge in [0.25, 0.3) is 0 Å². The molecule has 1 nitrogen and oxygen atoms in total. The van der Waals surface area contributed by atoms with Gasteiger partial charge in [-0.2, -0.15) is 0 Å². The van der Waals surface area contributed by atoms with Gasteiger partial charge in [-0.15, -0.1) is 0 Å². The molecule has 4 bridgehead atoms. The monoisotopic (exact) mass is 289 g/mol. The van der Waals surface area contributed by atoms with E-state index in [1.807, 2.05) is 0 Å². The number of hydrogen-bond donors (Lipinski definition) is 1. The Morgan fingerprint density at radius 2 is 1.33 bits per heavy atom. The van der Waals surface area contributed by atoms with Gasteiger partial charge in [-0.3, -0.25) is 0 Å². The van der Waals surface area contributed by atoms with Gasteiger partial charge in [0, 0.05) is 12.1 Å². The molecule has 21 heavy (non-hydrogen) atoms. The molecule has 0 saturated heterocycles. The Bertz CT molecular complexity index is 333. The number of rotatable bonds is 4. The second-order valence-electron chi connectivity index (χ2n) is 9.36. The summed E-state index contributed by atoms with van der Waals surface area (Å²) in [6, 6.07) is 1.50. The predicted molar refractivity (Wildman–Crippen MR) is 89.2 cm³/mol. The Morgan fingerprint density at radius 3 is 1.86 bits per heavy atom. The van der Waals surface area contributed by atoms with Crippen molar-refractivity contribution in [2.45, 2.75) is 96.6 Å². The molecule has 120 valence electrons. The van der Waals surface area contributed by atoms with Crippen LogP contribution in [0.2, 0.25) is 0 Å². The van der Waals surface area contributed by atoms with E-state index in [0.29, 0.717) is 5.41 Å². The molecule has 2 atom stereocenters. The Balaban J connectivity index is 1.41. The van der Waals surface area contributed by atoms with Gasteiger partial charge in [0.05, 0.1) is 0 Å². The fraction of sp³-hybridized carbons (Fsp3) is 1.00. The first-order valence-corrected chi connectivity index (χ1v) is 9.91. The zero-order valence-electron chi connectivity index (χ0n) is 14.2. The van der Waals surface area contributed by atoms with Crippen molar-refractivity contribution in [2.24, 2.45) is 29.1 Å². The third-order valence-corrected chi connectivity index (χ3v) is 7.87. The highest BCUT2D eigenvalue weighted by Gasteiger charge is 2.53. The molecule has 1 N–H and O–H groups in total. The third kappa shape index (κ3) is 2.69. The van der Waals surface area contributed by atoms with Crippen LogP contribution >= 0.6 is 0 Å². The van der Waals surface area contributed by atoms with Gasteiger partial charge in [-0.1, -0.05) is 19.3 Å². The zero-order valence-corrected chi connectivity index (χ0v) is 14.2. The predicted octanol–water partition coefficient (Wildman–Crippen LogP) is 5.15. The van der Waals surface area contributed by atoms with Gasteiger partial charge in [-0.05, 0) is 94.3 Å². The first kappa shape index (κ1) is 14.5. The second kappa shape index (κ2) is 5.55. The van der Waals surface area contributed by atoms with Crippen molar-refractivity contribution >= 4 is 0 Å². The third-order valence-electron chi connectivity index (χ3n) is 7.87. The highest BCUT2D eigenvalue weighted by molar-refractivity contribution is 5.05. The normalized spacial score (nSPS) is 45.7. The lowest BCUT2D eigenvalue weighted by atomic mass is 9.48. The molecule has 1 heteroatoms. The summed E-state index contributed by atoms with van der Waals surface area (Å²) < 4.78 is 0. The molecule has 0 aliphatic heterocycles. The van der Waals surface area contributed by atoms with E-state index >= 15 is 0 Å². The van der Waals surface area contributed by atoms with E-state index in [-0.39, 0.29) is 0 Å². The van der Waals surface area contributed by atoms with Crippen molar-refractivity contribution in [3.8, 4) is 0 Å². The fourth-order valence-corrected chi connectivity index (χ4v) is 7.05. The summed E-state index contributed by atoms with van der Waals surface area (Å²) >= 11 is 0. The smallest absolute Gasteiger partial charge is 0.00980 e. The highest BCUT2D eigenvalue weighted by Crippen LogP contribution is 2.61. The van der Waals surface area contributed by atoms with Crippen molar-refractivity contribution < 1.29 is 0 Å². The Morgan fingerprint density at radius 1 is 0.810 bits per heavy atom. The van der Waals surface area contributed by atoms with Crippen LogP contribution in [0.15, 0.2) is 0 Å². The Hall–Kier alpha value is -0.0400. The maximum Gasteiger partial charge on any atom is 0.00980 e. The molecule has 0 heterocycles. The first-order chi connectivity index (χ1) is 10.1.